The van der Waals surface area contributed by atoms with Crippen LogP contribution < -0.4 is 9.13 Å². The average molecular weight is 368 g/mol. The van der Waals surface area contributed by atoms with Gasteiger partial charge in [-0.1, -0.05) is 23.5 Å². The highest BCUT2D eigenvalue weighted by Crippen LogP contribution is 2.37. The van der Waals surface area contributed by atoms with Gasteiger partial charge < -0.3 is 0 Å². The third-order valence-electron chi connectivity index (χ3n) is 4.74. The smallest absolute Gasteiger partial charge is 0.206 e. The lowest BCUT2D eigenvalue weighted by atomic mass is 9.98. The van der Waals surface area contributed by atoms with Gasteiger partial charge in [0, 0.05) is 24.3 Å². The highest BCUT2D eigenvalue weighted by Gasteiger charge is 2.29. The van der Waals surface area contributed by atoms with Gasteiger partial charge in [0.1, 0.15) is 30.4 Å². The predicted octanol–water partition coefficient (Wildman–Crippen LogP) is 4.47. The number of rotatable bonds is 2. The van der Waals surface area contributed by atoms with Crippen molar-refractivity contribution in [3.63, 3.8) is 0 Å². The molecule has 0 amide bonds. The molecule has 0 aliphatic heterocycles. The summed E-state index contributed by atoms with van der Waals surface area (Å²) in [5.74, 6) is -1.08. The van der Waals surface area contributed by atoms with Crippen LogP contribution in [0.1, 0.15) is 5.56 Å². The number of pyridine rings is 1. The van der Waals surface area contributed by atoms with Crippen LogP contribution in [0.3, 0.4) is 0 Å². The molecule has 2 nitrogen and oxygen atoms in total. The predicted molar refractivity (Wildman–Crippen MR) is 99.7 cm³/mol. The summed E-state index contributed by atoms with van der Waals surface area (Å²) < 4.78 is 34.5. The number of hydrogen-bond donors (Lipinski definition) is 0. The Morgan fingerprint density at radius 2 is 1.58 bits per heavy atom. The quantitative estimate of drug-likeness (QED) is 0.461. The van der Waals surface area contributed by atoms with Gasteiger partial charge in [0.05, 0.1) is 11.1 Å². The molecule has 2 aromatic heterocycles. The Labute approximate surface area is 154 Å². The SMILES string of the molecule is Cc1c(-c2cccc[n+]2C)c(F)cc(F)c1-c1sc2ccccc2[n+]1C. The summed E-state index contributed by atoms with van der Waals surface area (Å²) in [6, 6.07) is 14.5. The average Bonchev–Trinajstić information content (AvgIpc) is 2.93. The van der Waals surface area contributed by atoms with Gasteiger partial charge in [0.2, 0.25) is 11.2 Å². The van der Waals surface area contributed by atoms with Gasteiger partial charge in [-0.3, -0.25) is 0 Å². The lowest BCUT2D eigenvalue weighted by Gasteiger charge is -2.10. The van der Waals surface area contributed by atoms with Gasteiger partial charge in [-0.05, 0) is 24.6 Å². The third-order valence-corrected chi connectivity index (χ3v) is 5.98. The van der Waals surface area contributed by atoms with Crippen LogP contribution in [0.25, 0.3) is 32.0 Å². The first-order valence-electron chi connectivity index (χ1n) is 8.30. The molecule has 0 aliphatic carbocycles. The van der Waals surface area contributed by atoms with Crippen LogP contribution in [-0.2, 0) is 14.1 Å². The first-order valence-corrected chi connectivity index (χ1v) is 9.12. The molecule has 130 valence electrons. The van der Waals surface area contributed by atoms with Crippen molar-refractivity contribution in [2.75, 3.05) is 0 Å². The Kier molecular flexibility index (Phi) is 4.04. The molecule has 26 heavy (non-hydrogen) atoms. The molecule has 0 bridgehead atoms. The van der Waals surface area contributed by atoms with Crippen LogP contribution in [-0.4, -0.2) is 0 Å². The summed E-state index contributed by atoms with van der Waals surface area (Å²) in [5, 5.41) is 0.779. The van der Waals surface area contributed by atoms with Crippen molar-refractivity contribution in [1.29, 1.82) is 0 Å². The number of benzene rings is 2. The zero-order chi connectivity index (χ0) is 18.4. The monoisotopic (exact) mass is 368 g/mol. The maximum Gasteiger partial charge on any atom is 0.273 e. The minimum Gasteiger partial charge on any atom is -0.206 e. The molecule has 5 heteroatoms. The molecule has 0 spiro atoms. The maximum absolute atomic E-state index is 14.8. The Morgan fingerprint density at radius 3 is 2.31 bits per heavy atom. The van der Waals surface area contributed by atoms with Gasteiger partial charge in [-0.25, -0.2) is 13.3 Å². The standard InChI is InChI=1S/C21H18F2N2S/c1-13-19(17-9-6-7-11-24(17)2)14(22)12-15(23)20(13)21-25(3)16-8-4-5-10-18(16)26-21/h4-12H,1-3H3/q+2. The number of aryl methyl sites for hydroxylation is 2. The molecule has 2 aromatic carbocycles. The second kappa shape index (κ2) is 6.25. The molecule has 0 radical (unpaired) electrons. The van der Waals surface area contributed by atoms with E-state index < -0.39 is 11.6 Å². The summed E-state index contributed by atoms with van der Waals surface area (Å²) in [6.07, 6.45) is 1.86. The van der Waals surface area contributed by atoms with E-state index >= 15 is 0 Å². The Morgan fingerprint density at radius 1 is 0.885 bits per heavy atom. The number of fused-ring (bicyclic) bond motifs is 1. The van der Waals surface area contributed by atoms with Crippen molar-refractivity contribution in [2.45, 2.75) is 6.92 Å². The fourth-order valence-electron chi connectivity index (χ4n) is 3.42. The zero-order valence-electron chi connectivity index (χ0n) is 14.8. The number of nitrogens with zero attached hydrogens (tertiary/aromatic N) is 2. The molecule has 4 rings (SSSR count). The Hall–Kier alpha value is -2.66. The van der Waals surface area contributed by atoms with Crippen LogP contribution in [0.5, 0.6) is 0 Å². The molecule has 0 aliphatic rings. The molecule has 0 unspecified atom stereocenters. The van der Waals surface area contributed by atoms with Crippen LogP contribution in [0.15, 0.2) is 54.7 Å². The number of hydrogen-bond acceptors (Lipinski definition) is 1. The summed E-state index contributed by atoms with van der Waals surface area (Å²) in [7, 11) is 3.77. The van der Waals surface area contributed by atoms with E-state index in [2.05, 4.69) is 0 Å². The van der Waals surface area contributed by atoms with Crippen molar-refractivity contribution in [3.8, 4) is 21.8 Å². The van der Waals surface area contributed by atoms with Crippen LogP contribution in [0, 0.1) is 18.6 Å². The first-order chi connectivity index (χ1) is 12.5. The number of halogens is 2. The normalized spacial score (nSPS) is 11.3. The second-order valence-corrected chi connectivity index (χ2v) is 7.38. The van der Waals surface area contributed by atoms with Gasteiger partial charge in [0.15, 0.2) is 6.20 Å². The fraction of sp³-hybridized carbons (Fsp3) is 0.143. The van der Waals surface area contributed by atoms with Crippen molar-refractivity contribution in [3.05, 3.63) is 71.9 Å². The lowest BCUT2D eigenvalue weighted by molar-refractivity contribution is -0.660. The van der Waals surface area contributed by atoms with Crippen molar-refractivity contribution < 1.29 is 17.9 Å². The van der Waals surface area contributed by atoms with Crippen LogP contribution in [0.4, 0.5) is 8.78 Å². The molecule has 0 fully saturated rings. The van der Waals surface area contributed by atoms with Gasteiger partial charge in [0.25, 0.3) is 5.01 Å². The third kappa shape index (κ3) is 2.51. The topological polar surface area (TPSA) is 7.76 Å². The molecule has 0 saturated heterocycles. The second-order valence-electron chi connectivity index (χ2n) is 6.35. The molecule has 4 aromatic rings. The summed E-state index contributed by atoms with van der Waals surface area (Å²) >= 11 is 1.51. The van der Waals surface area contributed by atoms with Crippen LogP contribution in [0.2, 0.25) is 0 Å². The van der Waals surface area contributed by atoms with Gasteiger partial charge in [-0.2, -0.15) is 4.57 Å². The maximum atomic E-state index is 14.8. The van der Waals surface area contributed by atoms with E-state index in [1.54, 1.807) is 6.92 Å². The van der Waals surface area contributed by atoms with Gasteiger partial charge >= 0.3 is 0 Å². The van der Waals surface area contributed by atoms with Crippen molar-refractivity contribution in [1.82, 2.24) is 0 Å². The molecule has 2 heterocycles. The number of thiazole rings is 1. The number of aromatic nitrogens is 2. The van der Waals surface area contributed by atoms with E-state index in [0.29, 0.717) is 22.4 Å². The zero-order valence-corrected chi connectivity index (χ0v) is 15.6. The highest BCUT2D eigenvalue weighted by molar-refractivity contribution is 7.21. The molecule has 0 atom stereocenters. The first kappa shape index (κ1) is 16.8. The molecule has 0 N–H and O–H groups in total. The fourth-order valence-corrected chi connectivity index (χ4v) is 4.67. The van der Waals surface area contributed by atoms with Gasteiger partial charge in [-0.15, -0.1) is 0 Å². The molecular formula is C21H18F2N2S+2. The van der Waals surface area contributed by atoms with E-state index in [-0.39, 0.29) is 0 Å². The Balaban J connectivity index is 2.05. The minimum absolute atomic E-state index is 0.432. The van der Waals surface area contributed by atoms with E-state index in [0.717, 1.165) is 21.3 Å². The number of para-hydroxylation sites is 1. The Bertz CT molecular complexity index is 1150. The van der Waals surface area contributed by atoms with E-state index in [9.17, 15) is 8.78 Å². The summed E-state index contributed by atoms with van der Waals surface area (Å²) in [5.41, 5.74) is 3.23. The molecule has 0 saturated carbocycles. The van der Waals surface area contributed by atoms with E-state index in [1.807, 2.05) is 71.9 Å². The summed E-state index contributed by atoms with van der Waals surface area (Å²) in [6.45, 7) is 1.79. The minimum atomic E-state index is -0.547. The van der Waals surface area contributed by atoms with E-state index in [1.165, 1.54) is 11.3 Å². The lowest BCUT2D eigenvalue weighted by Crippen LogP contribution is -2.31. The molecular weight excluding hydrogens is 350 g/mol. The van der Waals surface area contributed by atoms with Crippen molar-refractivity contribution >= 4 is 21.6 Å². The summed E-state index contributed by atoms with van der Waals surface area (Å²) in [4.78, 5) is 0. The van der Waals surface area contributed by atoms with E-state index in [4.69, 9.17) is 0 Å². The van der Waals surface area contributed by atoms with Crippen molar-refractivity contribution in [2.24, 2.45) is 14.1 Å². The largest absolute Gasteiger partial charge is 0.273 e. The van der Waals surface area contributed by atoms with Crippen LogP contribution >= 0.6 is 11.3 Å². The highest BCUT2D eigenvalue weighted by atomic mass is 32.1.